The summed E-state index contributed by atoms with van der Waals surface area (Å²) in [7, 11) is 0. The number of carbonyl (C=O) groups excluding carboxylic acids is 2. The maximum atomic E-state index is 13.6. The zero-order valence-corrected chi connectivity index (χ0v) is 12.5. The smallest absolute Gasteiger partial charge is 0.249 e. The number of hydrazine groups is 1. The van der Waals surface area contributed by atoms with Gasteiger partial charge in [-0.3, -0.25) is 15.0 Å². The first-order valence-electron chi connectivity index (χ1n) is 7.00. The molecule has 2 atom stereocenters. The lowest BCUT2D eigenvalue weighted by molar-refractivity contribution is -0.131. The van der Waals surface area contributed by atoms with Gasteiger partial charge in [-0.15, -0.1) is 0 Å². The van der Waals surface area contributed by atoms with Crippen molar-refractivity contribution in [2.45, 2.75) is 32.6 Å². The molecule has 5 nitrogen and oxygen atoms in total. The van der Waals surface area contributed by atoms with Crippen LogP contribution in [0.15, 0.2) is 18.2 Å². The molecule has 1 aliphatic carbocycles. The molecule has 1 unspecified atom stereocenters. The highest BCUT2D eigenvalue weighted by atomic mass is 19.3. The van der Waals surface area contributed by atoms with E-state index in [0.717, 1.165) is 11.1 Å². The van der Waals surface area contributed by atoms with Crippen molar-refractivity contribution in [3.05, 3.63) is 29.3 Å². The number of nitrogens with two attached hydrogens (primary N) is 1. The van der Waals surface area contributed by atoms with Crippen LogP contribution in [0.1, 0.15) is 24.0 Å². The van der Waals surface area contributed by atoms with Gasteiger partial charge in [-0.2, -0.15) is 0 Å². The van der Waals surface area contributed by atoms with E-state index in [1.54, 1.807) is 6.07 Å². The van der Waals surface area contributed by atoms with Gasteiger partial charge in [0.05, 0.1) is 11.8 Å². The number of alkyl halides is 2. The Bertz CT molecular complexity index is 604. The second-order valence-corrected chi connectivity index (χ2v) is 5.79. The first-order valence-corrected chi connectivity index (χ1v) is 7.00. The van der Waals surface area contributed by atoms with Crippen LogP contribution in [0.3, 0.4) is 0 Å². The van der Waals surface area contributed by atoms with Crippen molar-refractivity contribution in [2.24, 2.45) is 17.7 Å². The van der Waals surface area contributed by atoms with Crippen molar-refractivity contribution in [3.63, 3.8) is 0 Å². The molecule has 1 saturated carbocycles. The number of benzene rings is 1. The van der Waals surface area contributed by atoms with E-state index in [9.17, 15) is 18.4 Å². The summed E-state index contributed by atoms with van der Waals surface area (Å²) in [6, 6.07) is 5.41. The van der Waals surface area contributed by atoms with Crippen LogP contribution in [0.2, 0.25) is 0 Å². The molecular formula is C15H19F2N3O2. The van der Waals surface area contributed by atoms with Gasteiger partial charge < -0.3 is 5.32 Å². The zero-order chi connectivity index (χ0) is 16.5. The van der Waals surface area contributed by atoms with Crippen LogP contribution in [0, 0.1) is 25.7 Å². The molecule has 0 aromatic heterocycles. The molecule has 2 rings (SSSR count). The van der Waals surface area contributed by atoms with Crippen LogP contribution in [-0.4, -0.2) is 17.7 Å². The molecule has 4 N–H and O–H groups in total. The highest BCUT2D eigenvalue weighted by molar-refractivity contribution is 5.97. The Morgan fingerprint density at radius 2 is 1.77 bits per heavy atom. The predicted molar refractivity (Wildman–Crippen MR) is 78.0 cm³/mol. The van der Waals surface area contributed by atoms with Crippen molar-refractivity contribution in [3.8, 4) is 0 Å². The number of rotatable bonds is 3. The van der Waals surface area contributed by atoms with E-state index in [0.29, 0.717) is 5.69 Å². The molecule has 1 aromatic rings. The quantitative estimate of drug-likeness (QED) is 0.453. The number of aryl methyl sites for hydroxylation is 2. The summed E-state index contributed by atoms with van der Waals surface area (Å²) in [6.07, 6.45) is -1.32. The van der Waals surface area contributed by atoms with Crippen molar-refractivity contribution in [1.82, 2.24) is 5.43 Å². The molecule has 2 amide bonds. The van der Waals surface area contributed by atoms with Crippen LogP contribution < -0.4 is 16.6 Å². The fraction of sp³-hybridized carbons (Fsp3) is 0.467. The second-order valence-electron chi connectivity index (χ2n) is 5.79. The number of hydrogen-bond donors (Lipinski definition) is 3. The average Bonchev–Trinajstić information content (AvgIpc) is 2.77. The van der Waals surface area contributed by atoms with Gasteiger partial charge in [-0.05, 0) is 25.5 Å². The Morgan fingerprint density at radius 3 is 2.32 bits per heavy atom. The van der Waals surface area contributed by atoms with Crippen LogP contribution in [0.5, 0.6) is 0 Å². The Hall–Kier alpha value is -2.02. The third-order valence-electron chi connectivity index (χ3n) is 3.98. The molecule has 120 valence electrons. The SMILES string of the molecule is Cc1ccc(NC(=O)C2CC(F)(F)C[C@@H]2C(=O)NN)c(C)c1. The minimum atomic E-state index is -3.04. The topological polar surface area (TPSA) is 84.2 Å². The molecule has 0 bridgehead atoms. The van der Waals surface area contributed by atoms with Gasteiger partial charge in [-0.25, -0.2) is 14.6 Å². The third kappa shape index (κ3) is 3.41. The molecule has 1 aliphatic rings. The van der Waals surface area contributed by atoms with E-state index < -0.39 is 42.4 Å². The fourth-order valence-electron chi connectivity index (χ4n) is 2.85. The van der Waals surface area contributed by atoms with E-state index >= 15 is 0 Å². The maximum absolute atomic E-state index is 13.6. The summed E-state index contributed by atoms with van der Waals surface area (Å²) in [5.41, 5.74) is 4.28. The van der Waals surface area contributed by atoms with E-state index in [1.165, 1.54) is 0 Å². The van der Waals surface area contributed by atoms with Gasteiger partial charge in [0.25, 0.3) is 0 Å². The van der Waals surface area contributed by atoms with Crippen molar-refractivity contribution in [1.29, 1.82) is 0 Å². The first-order chi connectivity index (χ1) is 10.2. The monoisotopic (exact) mass is 311 g/mol. The predicted octanol–water partition coefficient (Wildman–Crippen LogP) is 1.89. The highest BCUT2D eigenvalue weighted by Gasteiger charge is 2.52. The standard InChI is InChI=1S/C15H19F2N3O2/c1-8-3-4-12(9(2)5-8)19-13(21)10-6-15(16,17)7-11(10)14(22)20-18/h3-5,10-11H,6-7,18H2,1-2H3,(H,19,21)(H,20,22)/t10?,11-/m0/s1. The minimum absolute atomic E-state index is 0.553. The Labute approximate surface area is 127 Å². The number of carbonyl (C=O) groups is 2. The molecular weight excluding hydrogens is 292 g/mol. The molecule has 0 heterocycles. The molecule has 1 aromatic carbocycles. The van der Waals surface area contributed by atoms with Crippen LogP contribution >= 0.6 is 0 Å². The summed E-state index contributed by atoms with van der Waals surface area (Å²) >= 11 is 0. The summed E-state index contributed by atoms with van der Waals surface area (Å²) < 4.78 is 27.1. The van der Waals surface area contributed by atoms with E-state index in [2.05, 4.69) is 5.32 Å². The first kappa shape index (κ1) is 16.4. The van der Waals surface area contributed by atoms with Crippen LogP contribution in [0.25, 0.3) is 0 Å². The fourth-order valence-corrected chi connectivity index (χ4v) is 2.85. The van der Waals surface area contributed by atoms with Crippen molar-refractivity contribution < 1.29 is 18.4 Å². The Morgan fingerprint density at radius 1 is 1.18 bits per heavy atom. The molecule has 22 heavy (non-hydrogen) atoms. The van der Waals surface area contributed by atoms with E-state index in [-0.39, 0.29) is 0 Å². The molecule has 0 spiro atoms. The lowest BCUT2D eigenvalue weighted by atomic mass is 9.94. The Balaban J connectivity index is 2.18. The van der Waals surface area contributed by atoms with E-state index in [1.807, 2.05) is 31.4 Å². The van der Waals surface area contributed by atoms with Crippen molar-refractivity contribution in [2.75, 3.05) is 5.32 Å². The van der Waals surface area contributed by atoms with Gasteiger partial charge >= 0.3 is 0 Å². The molecule has 0 radical (unpaired) electrons. The molecule has 0 aliphatic heterocycles. The third-order valence-corrected chi connectivity index (χ3v) is 3.98. The summed E-state index contributed by atoms with van der Waals surface area (Å²) in [5, 5.41) is 2.63. The van der Waals surface area contributed by atoms with Crippen LogP contribution in [-0.2, 0) is 9.59 Å². The van der Waals surface area contributed by atoms with Gasteiger partial charge in [0.1, 0.15) is 0 Å². The number of halogens is 2. The summed E-state index contributed by atoms with van der Waals surface area (Å²) in [6.45, 7) is 3.73. The largest absolute Gasteiger partial charge is 0.326 e. The lowest BCUT2D eigenvalue weighted by Gasteiger charge is -2.17. The maximum Gasteiger partial charge on any atom is 0.249 e. The van der Waals surface area contributed by atoms with Crippen molar-refractivity contribution >= 4 is 17.5 Å². The lowest BCUT2D eigenvalue weighted by Crippen LogP contribution is -2.40. The molecule has 7 heteroatoms. The number of nitrogens with one attached hydrogen (secondary N) is 2. The molecule has 1 fully saturated rings. The highest BCUT2D eigenvalue weighted by Crippen LogP contribution is 2.43. The van der Waals surface area contributed by atoms with E-state index in [4.69, 9.17) is 5.84 Å². The Kier molecular flexibility index (Phi) is 4.46. The normalized spacial score (nSPS) is 23.1. The second kappa shape index (κ2) is 6.00. The number of amides is 2. The number of hydrogen-bond acceptors (Lipinski definition) is 3. The summed E-state index contributed by atoms with van der Waals surface area (Å²) in [5.74, 6) is -1.56. The number of anilines is 1. The van der Waals surface area contributed by atoms with Crippen LogP contribution in [0.4, 0.5) is 14.5 Å². The zero-order valence-electron chi connectivity index (χ0n) is 12.5. The van der Waals surface area contributed by atoms with Gasteiger partial charge in [0.2, 0.25) is 17.7 Å². The van der Waals surface area contributed by atoms with Gasteiger partial charge in [0, 0.05) is 18.5 Å². The van der Waals surface area contributed by atoms with Gasteiger partial charge in [-0.1, -0.05) is 17.7 Å². The minimum Gasteiger partial charge on any atom is -0.326 e. The molecule has 0 saturated heterocycles. The summed E-state index contributed by atoms with van der Waals surface area (Å²) in [4.78, 5) is 23.9. The van der Waals surface area contributed by atoms with Gasteiger partial charge in [0.15, 0.2) is 0 Å². The average molecular weight is 311 g/mol.